The lowest BCUT2D eigenvalue weighted by Crippen LogP contribution is -2.50. The van der Waals surface area contributed by atoms with Crippen molar-refractivity contribution in [1.82, 2.24) is 15.0 Å². The van der Waals surface area contributed by atoms with Gasteiger partial charge in [-0.05, 0) is 42.2 Å². The summed E-state index contributed by atoms with van der Waals surface area (Å²) in [5.41, 5.74) is 0.427. The van der Waals surface area contributed by atoms with E-state index < -0.39 is 11.7 Å². The Bertz CT molecular complexity index is 923. The van der Waals surface area contributed by atoms with Crippen molar-refractivity contribution in [3.8, 4) is 6.07 Å². The number of nitrogens with zero attached hydrogens (tertiary/aromatic N) is 4. The number of nitriles is 1. The fraction of sp³-hybridized carbons (Fsp3) is 0.500. The van der Waals surface area contributed by atoms with Crippen LogP contribution in [0.5, 0.6) is 0 Å². The molecule has 1 aliphatic carbocycles. The highest BCUT2D eigenvalue weighted by molar-refractivity contribution is 5.37. The van der Waals surface area contributed by atoms with Crippen molar-refractivity contribution in [1.29, 1.82) is 5.26 Å². The minimum absolute atomic E-state index is 0.212. The van der Waals surface area contributed by atoms with Crippen LogP contribution in [0.3, 0.4) is 0 Å². The van der Waals surface area contributed by atoms with Crippen molar-refractivity contribution >= 4 is 5.95 Å². The van der Waals surface area contributed by atoms with Gasteiger partial charge in [0.15, 0.2) is 0 Å². The topological polar surface area (TPSA) is 94.7 Å². The summed E-state index contributed by atoms with van der Waals surface area (Å²) < 4.78 is 38.3. The van der Waals surface area contributed by atoms with Gasteiger partial charge in [-0.25, -0.2) is 9.97 Å². The first-order valence-corrected chi connectivity index (χ1v) is 9.30. The Morgan fingerprint density at radius 2 is 2.07 bits per heavy atom. The molecule has 3 rings (SSSR count). The van der Waals surface area contributed by atoms with E-state index in [9.17, 15) is 23.5 Å². The summed E-state index contributed by atoms with van der Waals surface area (Å²) in [4.78, 5) is 12.2. The predicted octanol–water partition coefficient (Wildman–Crippen LogP) is 3.37. The number of aliphatic hydroxyl groups excluding tert-OH is 1. The molecule has 2 atom stereocenters. The van der Waals surface area contributed by atoms with E-state index >= 15 is 0 Å². The van der Waals surface area contributed by atoms with Gasteiger partial charge in [0.25, 0.3) is 0 Å². The highest BCUT2D eigenvalue weighted by atomic mass is 19.4. The molecule has 6 nitrogen and oxygen atoms in total. The van der Waals surface area contributed by atoms with Crippen LogP contribution in [0.4, 0.5) is 19.1 Å². The van der Waals surface area contributed by atoms with Gasteiger partial charge in [0.05, 0.1) is 29.1 Å². The Morgan fingerprint density at radius 1 is 1.31 bits per heavy atom. The zero-order chi connectivity index (χ0) is 21.2. The molecule has 2 N–H and O–H groups in total. The third-order valence-corrected chi connectivity index (χ3v) is 5.67. The van der Waals surface area contributed by atoms with Crippen LogP contribution >= 0.6 is 0 Å². The molecule has 0 spiro atoms. The van der Waals surface area contributed by atoms with Gasteiger partial charge in [0.2, 0.25) is 5.95 Å². The molecule has 2 aromatic rings. The zero-order valence-corrected chi connectivity index (χ0v) is 16.2. The van der Waals surface area contributed by atoms with Gasteiger partial charge in [-0.3, -0.25) is 4.98 Å². The van der Waals surface area contributed by atoms with E-state index in [1.54, 1.807) is 0 Å². The van der Waals surface area contributed by atoms with E-state index in [1.807, 2.05) is 13.8 Å². The largest absolute Gasteiger partial charge is 0.417 e. The second-order valence-electron chi connectivity index (χ2n) is 7.90. The number of hydrogen-bond donors (Lipinski definition) is 2. The third kappa shape index (κ3) is 4.65. The standard InChI is InChI=1S/C20H22F3N5O/c1-19(2)14(7-17(19)29)6-16-13(8-24)10-27-18(28-16)26-4-3-12-5-15(11-25-9-12)20(21,22)23/h5,9-11,14,17,29H,3-4,6-7H2,1-2H3,(H,26,27,28)/t14-,17+/m1/s1. The Hall–Kier alpha value is -2.73. The third-order valence-electron chi connectivity index (χ3n) is 5.67. The van der Waals surface area contributed by atoms with Crippen molar-refractivity contribution in [2.75, 3.05) is 11.9 Å². The summed E-state index contributed by atoms with van der Waals surface area (Å²) in [6.45, 7) is 4.30. The normalized spacial score (nSPS) is 20.6. The molecule has 0 bridgehead atoms. The number of halogens is 3. The maximum absolute atomic E-state index is 12.8. The first-order valence-electron chi connectivity index (χ1n) is 9.30. The highest BCUT2D eigenvalue weighted by Crippen LogP contribution is 2.47. The van der Waals surface area contributed by atoms with E-state index in [0.717, 1.165) is 12.3 Å². The lowest BCUT2D eigenvalue weighted by Gasteiger charge is -2.49. The first kappa shape index (κ1) is 21.0. The molecule has 0 aromatic carbocycles. The lowest BCUT2D eigenvalue weighted by atomic mass is 9.58. The summed E-state index contributed by atoms with van der Waals surface area (Å²) in [6, 6.07) is 3.16. The summed E-state index contributed by atoms with van der Waals surface area (Å²) in [5.74, 6) is 0.528. The highest BCUT2D eigenvalue weighted by Gasteiger charge is 2.47. The molecule has 0 saturated heterocycles. The van der Waals surface area contributed by atoms with Crippen LogP contribution < -0.4 is 5.32 Å². The van der Waals surface area contributed by atoms with Crippen molar-refractivity contribution in [3.63, 3.8) is 0 Å². The molecule has 154 valence electrons. The van der Waals surface area contributed by atoms with E-state index in [2.05, 4.69) is 26.3 Å². The summed E-state index contributed by atoms with van der Waals surface area (Å²) in [5, 5.41) is 22.2. The molecule has 0 aliphatic heterocycles. The van der Waals surface area contributed by atoms with Crippen molar-refractivity contribution in [2.24, 2.45) is 11.3 Å². The monoisotopic (exact) mass is 405 g/mol. The summed E-state index contributed by atoms with van der Waals surface area (Å²) >= 11 is 0. The van der Waals surface area contributed by atoms with Crippen LogP contribution in [-0.4, -0.2) is 32.7 Å². The minimum Gasteiger partial charge on any atom is -0.393 e. The van der Waals surface area contributed by atoms with Gasteiger partial charge in [-0.2, -0.15) is 18.4 Å². The van der Waals surface area contributed by atoms with Crippen LogP contribution in [0.25, 0.3) is 0 Å². The summed E-state index contributed by atoms with van der Waals surface area (Å²) in [7, 11) is 0. The van der Waals surface area contributed by atoms with Gasteiger partial charge >= 0.3 is 6.18 Å². The molecule has 1 fully saturated rings. The van der Waals surface area contributed by atoms with Gasteiger partial charge in [-0.1, -0.05) is 13.8 Å². The smallest absolute Gasteiger partial charge is 0.393 e. The molecule has 0 radical (unpaired) electrons. The van der Waals surface area contributed by atoms with Gasteiger partial charge in [0, 0.05) is 18.9 Å². The second kappa shape index (κ2) is 7.95. The van der Waals surface area contributed by atoms with Crippen LogP contribution in [0.1, 0.15) is 42.7 Å². The number of nitrogens with one attached hydrogen (secondary N) is 1. The Labute approximate surface area is 166 Å². The molecule has 1 saturated carbocycles. The molecule has 29 heavy (non-hydrogen) atoms. The molecule has 0 unspecified atom stereocenters. The SMILES string of the molecule is CC1(C)[C@H](Cc2nc(NCCc3cncc(C(F)(F)F)c3)ncc2C#N)C[C@@H]1O. The zero-order valence-electron chi connectivity index (χ0n) is 16.2. The van der Waals surface area contributed by atoms with E-state index in [-0.39, 0.29) is 17.4 Å². The number of rotatable bonds is 6. The fourth-order valence-corrected chi connectivity index (χ4v) is 3.42. The van der Waals surface area contributed by atoms with Crippen LogP contribution in [0.2, 0.25) is 0 Å². The van der Waals surface area contributed by atoms with Crippen molar-refractivity contribution in [3.05, 3.63) is 47.0 Å². The number of aliphatic hydroxyl groups is 1. The summed E-state index contributed by atoms with van der Waals surface area (Å²) in [6.07, 6.45) is 0.381. The Kier molecular flexibility index (Phi) is 5.75. The fourth-order valence-electron chi connectivity index (χ4n) is 3.42. The predicted molar refractivity (Wildman–Crippen MR) is 99.8 cm³/mol. The minimum atomic E-state index is -4.43. The quantitative estimate of drug-likeness (QED) is 0.765. The van der Waals surface area contributed by atoms with Gasteiger partial charge < -0.3 is 10.4 Å². The molecule has 2 heterocycles. The number of aromatic nitrogens is 3. The number of hydrogen-bond acceptors (Lipinski definition) is 6. The van der Waals surface area contributed by atoms with E-state index in [0.29, 0.717) is 48.6 Å². The van der Waals surface area contributed by atoms with E-state index in [4.69, 9.17) is 0 Å². The van der Waals surface area contributed by atoms with Crippen LogP contribution in [-0.2, 0) is 19.0 Å². The van der Waals surface area contributed by atoms with Crippen molar-refractivity contribution < 1.29 is 18.3 Å². The molecule has 0 amide bonds. The van der Waals surface area contributed by atoms with Crippen LogP contribution in [0.15, 0.2) is 24.7 Å². The Balaban J connectivity index is 1.64. The van der Waals surface area contributed by atoms with Crippen molar-refractivity contribution in [2.45, 2.75) is 45.4 Å². The number of alkyl halides is 3. The molecule has 1 aliphatic rings. The maximum atomic E-state index is 12.8. The molecule has 9 heteroatoms. The maximum Gasteiger partial charge on any atom is 0.417 e. The van der Waals surface area contributed by atoms with Gasteiger partial charge in [-0.15, -0.1) is 0 Å². The van der Waals surface area contributed by atoms with E-state index in [1.165, 1.54) is 12.4 Å². The molecule has 2 aromatic heterocycles. The lowest BCUT2D eigenvalue weighted by molar-refractivity contribution is -0.137. The average Bonchev–Trinajstić information content (AvgIpc) is 2.67. The number of pyridine rings is 1. The number of anilines is 1. The van der Waals surface area contributed by atoms with Crippen LogP contribution in [0, 0.1) is 22.7 Å². The molecular weight excluding hydrogens is 383 g/mol. The van der Waals surface area contributed by atoms with Gasteiger partial charge in [0.1, 0.15) is 6.07 Å². The second-order valence-corrected chi connectivity index (χ2v) is 7.90. The Morgan fingerprint density at radius 3 is 2.69 bits per heavy atom. The first-order chi connectivity index (χ1) is 13.6. The average molecular weight is 405 g/mol. The molecular formula is C20H22F3N5O.